The van der Waals surface area contributed by atoms with E-state index in [2.05, 4.69) is 69.1 Å². The Bertz CT molecular complexity index is 2010. The lowest BCUT2D eigenvalue weighted by Gasteiger charge is -2.26. The number of piperidine rings is 1. The molecule has 0 aliphatic carbocycles. The predicted octanol–water partition coefficient (Wildman–Crippen LogP) is 6.64. The molecule has 6 rings (SSSR count). The number of nitrogens with zero attached hydrogens (tertiary/aromatic N) is 5. The lowest BCUT2D eigenvalue weighted by molar-refractivity contribution is -0.117. The summed E-state index contributed by atoms with van der Waals surface area (Å²) in [4.78, 5) is 22.7. The van der Waals surface area contributed by atoms with Crippen LogP contribution in [-0.4, -0.2) is 77.1 Å². The van der Waals surface area contributed by atoms with Crippen LogP contribution in [0.5, 0.6) is 0 Å². The van der Waals surface area contributed by atoms with E-state index >= 15 is 0 Å². The summed E-state index contributed by atoms with van der Waals surface area (Å²) in [6.45, 7) is 9.76. The summed E-state index contributed by atoms with van der Waals surface area (Å²) in [5, 5.41) is 13.1. The van der Waals surface area contributed by atoms with Crippen LogP contribution in [0.2, 0.25) is 0 Å². The molecule has 2 aromatic heterocycles. The number of ketones is 1. The number of aliphatic hydroxyl groups excluding tert-OH is 1. The first kappa shape index (κ1) is 37.5. The summed E-state index contributed by atoms with van der Waals surface area (Å²) in [7, 11) is -3.77. The van der Waals surface area contributed by atoms with Crippen molar-refractivity contribution in [3.8, 4) is 11.4 Å². The van der Waals surface area contributed by atoms with Gasteiger partial charge in [0.25, 0.3) is 10.0 Å². The molecule has 52 heavy (non-hydrogen) atoms. The average molecular weight is 725 g/mol. The number of Topliss-reactive ketones (excluding diaryl/α,β-unsaturated/α-hetero) is 1. The maximum absolute atomic E-state index is 13.4. The third-order valence-corrected chi connectivity index (χ3v) is 11.7. The fraction of sp³-hybridized carbons (Fsp3) is 0.415. The number of likely N-dealkylation sites (tertiary alicyclic amines) is 1. The second-order valence-corrected chi connectivity index (χ2v) is 15.6. The Balaban J connectivity index is 1.29. The number of hydrogen-bond donors (Lipinski definition) is 2. The Morgan fingerprint density at radius 3 is 2.42 bits per heavy atom. The van der Waals surface area contributed by atoms with Crippen LogP contribution >= 0.6 is 0 Å². The topological polar surface area (TPSA) is 113 Å². The van der Waals surface area contributed by atoms with Gasteiger partial charge in [-0.05, 0) is 118 Å². The highest BCUT2D eigenvalue weighted by atomic mass is 32.2. The average Bonchev–Trinajstić information content (AvgIpc) is 3.79. The maximum atomic E-state index is 13.4. The molecule has 1 aliphatic heterocycles. The molecule has 2 N–H and O–H groups in total. The third-order valence-electron chi connectivity index (χ3n) is 9.95. The van der Waals surface area contributed by atoms with Crippen molar-refractivity contribution >= 4 is 32.5 Å². The van der Waals surface area contributed by atoms with Gasteiger partial charge in [0.05, 0.1) is 22.5 Å². The molecule has 0 radical (unpaired) electrons. The van der Waals surface area contributed by atoms with Crippen molar-refractivity contribution in [3.05, 3.63) is 102 Å². The van der Waals surface area contributed by atoms with Gasteiger partial charge in [0.15, 0.2) is 0 Å². The molecule has 0 spiro atoms. The highest BCUT2D eigenvalue weighted by Crippen LogP contribution is 2.30. The van der Waals surface area contributed by atoms with Gasteiger partial charge in [-0.25, -0.2) is 17.4 Å². The standard InChI is InChI=1S/C41H52N6O4S/c1-3-21-45(27-28-48)35-18-15-33(16-19-35)41-43-39-30-34(17-20-40(39)46(41)25-11-24-44-22-8-5-9-23-44)38(29-32(2)49)42-31-36-12-10-26-47(36)52(50,51)37-13-6-4-7-14-37/h4,6-7,10,12-20,26,30,38,42,48H,3,5,8-9,11,21-25,27-29,31H2,1-2H3. The van der Waals surface area contributed by atoms with E-state index in [1.807, 2.05) is 0 Å². The minimum absolute atomic E-state index is 0.0345. The zero-order chi connectivity index (χ0) is 36.5. The molecule has 0 saturated carbocycles. The third kappa shape index (κ3) is 8.83. The first-order valence-corrected chi connectivity index (χ1v) is 20.1. The van der Waals surface area contributed by atoms with E-state index in [0.29, 0.717) is 12.2 Å². The predicted molar refractivity (Wildman–Crippen MR) is 208 cm³/mol. The van der Waals surface area contributed by atoms with Crippen LogP contribution < -0.4 is 10.2 Å². The lowest BCUT2D eigenvalue weighted by Crippen LogP contribution is -2.31. The summed E-state index contributed by atoms with van der Waals surface area (Å²) in [5.74, 6) is 0.939. The normalized spacial score (nSPS) is 14.5. The van der Waals surface area contributed by atoms with Crippen molar-refractivity contribution < 1.29 is 18.3 Å². The van der Waals surface area contributed by atoms with Crippen LogP contribution in [-0.2, 0) is 27.9 Å². The molecular weight excluding hydrogens is 673 g/mol. The van der Waals surface area contributed by atoms with E-state index in [0.717, 1.165) is 79.2 Å². The Morgan fingerprint density at radius 2 is 1.71 bits per heavy atom. The fourth-order valence-electron chi connectivity index (χ4n) is 7.33. The smallest absolute Gasteiger partial charge is 0.267 e. The number of carbonyl (C=O) groups is 1. The van der Waals surface area contributed by atoms with Gasteiger partial charge in [-0.1, -0.05) is 37.6 Å². The molecule has 1 aliphatic rings. The van der Waals surface area contributed by atoms with E-state index in [1.54, 1.807) is 55.6 Å². The van der Waals surface area contributed by atoms with E-state index < -0.39 is 10.0 Å². The number of hydrogen-bond acceptors (Lipinski definition) is 8. The zero-order valence-corrected chi connectivity index (χ0v) is 31.3. The molecule has 1 saturated heterocycles. The van der Waals surface area contributed by atoms with Gasteiger partial charge in [0.2, 0.25) is 0 Å². The van der Waals surface area contributed by atoms with Crippen molar-refractivity contribution in [1.29, 1.82) is 0 Å². The second-order valence-electron chi connectivity index (χ2n) is 13.8. The number of benzene rings is 3. The molecule has 10 nitrogen and oxygen atoms in total. The van der Waals surface area contributed by atoms with Gasteiger partial charge >= 0.3 is 0 Å². The minimum atomic E-state index is -3.77. The molecule has 0 bridgehead atoms. The molecule has 1 fully saturated rings. The monoisotopic (exact) mass is 724 g/mol. The quantitative estimate of drug-likeness (QED) is 0.104. The molecule has 5 aromatic rings. The number of aryl methyl sites for hydroxylation is 1. The zero-order valence-electron chi connectivity index (χ0n) is 30.5. The summed E-state index contributed by atoms with van der Waals surface area (Å²) in [6, 6.07) is 26.3. The van der Waals surface area contributed by atoms with Gasteiger partial charge in [-0.3, -0.25) is 4.79 Å². The van der Waals surface area contributed by atoms with Crippen molar-refractivity contribution in [2.75, 3.05) is 44.2 Å². The molecule has 3 aromatic carbocycles. The van der Waals surface area contributed by atoms with Crippen molar-refractivity contribution in [2.45, 2.75) is 76.4 Å². The van der Waals surface area contributed by atoms with Gasteiger partial charge in [0, 0.05) is 61.8 Å². The minimum Gasteiger partial charge on any atom is -0.395 e. The van der Waals surface area contributed by atoms with Crippen LogP contribution in [0.15, 0.2) is 96.0 Å². The molecule has 0 amide bonds. The van der Waals surface area contributed by atoms with E-state index in [9.17, 15) is 18.3 Å². The maximum Gasteiger partial charge on any atom is 0.267 e. The first-order valence-electron chi connectivity index (χ1n) is 18.7. The summed E-state index contributed by atoms with van der Waals surface area (Å²) in [6.07, 6.45) is 7.68. The second kappa shape index (κ2) is 17.5. The summed E-state index contributed by atoms with van der Waals surface area (Å²) >= 11 is 0. The fourth-order valence-corrected chi connectivity index (χ4v) is 8.72. The number of fused-ring (bicyclic) bond motifs is 1. The van der Waals surface area contributed by atoms with Gasteiger partial charge < -0.3 is 24.8 Å². The van der Waals surface area contributed by atoms with Crippen LogP contribution in [0.3, 0.4) is 0 Å². The Kier molecular flexibility index (Phi) is 12.6. The highest BCUT2D eigenvalue weighted by molar-refractivity contribution is 7.90. The first-order chi connectivity index (χ1) is 25.3. The summed E-state index contributed by atoms with van der Waals surface area (Å²) < 4.78 is 30.5. The van der Waals surface area contributed by atoms with Crippen LogP contribution in [0.4, 0.5) is 5.69 Å². The van der Waals surface area contributed by atoms with E-state index in [4.69, 9.17) is 4.98 Å². The number of carbonyl (C=O) groups excluding carboxylic acids is 1. The number of imidazole rings is 1. The van der Waals surface area contributed by atoms with Crippen molar-refractivity contribution in [2.24, 2.45) is 0 Å². The highest BCUT2D eigenvalue weighted by Gasteiger charge is 2.22. The molecular formula is C41H52N6O4S. The van der Waals surface area contributed by atoms with Gasteiger partial charge in [0.1, 0.15) is 11.6 Å². The molecule has 3 heterocycles. The largest absolute Gasteiger partial charge is 0.395 e. The lowest BCUT2D eigenvalue weighted by atomic mass is 10.0. The van der Waals surface area contributed by atoms with Gasteiger partial charge in [-0.2, -0.15) is 0 Å². The Labute approximate surface area is 308 Å². The van der Waals surface area contributed by atoms with Crippen LogP contribution in [0, 0.1) is 0 Å². The Hall–Kier alpha value is -4.29. The molecule has 276 valence electrons. The number of nitrogens with one attached hydrogen (secondary N) is 1. The number of aromatic nitrogens is 3. The van der Waals surface area contributed by atoms with Crippen molar-refractivity contribution in [1.82, 2.24) is 23.7 Å². The van der Waals surface area contributed by atoms with Crippen molar-refractivity contribution in [3.63, 3.8) is 0 Å². The van der Waals surface area contributed by atoms with Crippen LogP contribution in [0.1, 0.15) is 69.7 Å². The summed E-state index contributed by atoms with van der Waals surface area (Å²) in [5.41, 5.74) is 5.50. The van der Waals surface area contributed by atoms with E-state index in [-0.39, 0.29) is 36.3 Å². The Morgan fingerprint density at radius 1 is 0.942 bits per heavy atom. The number of aliphatic hydroxyl groups is 1. The number of anilines is 1. The van der Waals surface area contributed by atoms with Gasteiger partial charge in [-0.15, -0.1) is 0 Å². The van der Waals surface area contributed by atoms with E-state index in [1.165, 1.54) is 23.2 Å². The SMILES string of the molecule is CCCN(CCO)c1ccc(-c2nc3cc(C(CC(C)=O)NCc4cccn4S(=O)(=O)c4ccccc4)ccc3n2CCCN2CCCCC2)cc1. The molecule has 11 heteroatoms. The van der Waals surface area contributed by atoms with Crippen LogP contribution in [0.25, 0.3) is 22.4 Å². The molecule has 1 atom stereocenters. The number of rotatable bonds is 18. The molecule has 1 unspecified atom stereocenters.